The van der Waals surface area contributed by atoms with Crippen molar-refractivity contribution in [1.29, 1.82) is 0 Å². The van der Waals surface area contributed by atoms with Crippen molar-refractivity contribution in [2.45, 2.75) is 40.0 Å². The zero-order valence-corrected chi connectivity index (χ0v) is 6.61. The minimum atomic E-state index is 0.393. The summed E-state index contributed by atoms with van der Waals surface area (Å²) in [6.07, 6.45) is 2.59. The van der Waals surface area contributed by atoms with E-state index in [0.717, 1.165) is 12.8 Å². The second kappa shape index (κ2) is 4.54. The molecule has 0 aliphatic carbocycles. The zero-order valence-electron chi connectivity index (χ0n) is 6.61. The van der Waals surface area contributed by atoms with Crippen molar-refractivity contribution >= 4 is 5.78 Å². The number of Topliss-reactive ketones (excluding diaryl/α,β-unsaturated/α-hetero) is 1. The van der Waals surface area contributed by atoms with E-state index in [0.29, 0.717) is 18.1 Å². The van der Waals surface area contributed by atoms with E-state index in [2.05, 4.69) is 13.8 Å². The van der Waals surface area contributed by atoms with Gasteiger partial charge in [0.05, 0.1) is 0 Å². The fourth-order valence-corrected chi connectivity index (χ4v) is 0.677. The van der Waals surface area contributed by atoms with E-state index in [4.69, 9.17) is 0 Å². The monoisotopic (exact) mass is 128 g/mol. The lowest BCUT2D eigenvalue weighted by atomic mass is 10.0. The van der Waals surface area contributed by atoms with Crippen LogP contribution in [-0.2, 0) is 4.79 Å². The molecule has 0 spiro atoms. The van der Waals surface area contributed by atoms with E-state index in [1.54, 1.807) is 0 Å². The summed E-state index contributed by atoms with van der Waals surface area (Å²) in [5.41, 5.74) is 0. The summed E-state index contributed by atoms with van der Waals surface area (Å²) in [5, 5.41) is 0. The number of rotatable bonds is 4. The maximum Gasteiger partial charge on any atom is 0.132 e. The Kier molecular flexibility index (Phi) is 4.37. The third-order valence-electron chi connectivity index (χ3n) is 1.67. The highest BCUT2D eigenvalue weighted by Gasteiger charge is 2.03. The molecule has 0 aromatic carbocycles. The molecule has 54 valence electrons. The van der Waals surface area contributed by atoms with Gasteiger partial charge < -0.3 is 0 Å². The highest BCUT2D eigenvalue weighted by atomic mass is 16.1. The fraction of sp³-hybridized carbons (Fsp3) is 0.875. The molecule has 1 heteroatoms. The molecule has 0 aromatic rings. The molecule has 0 aromatic heterocycles. The minimum Gasteiger partial charge on any atom is -0.300 e. The largest absolute Gasteiger partial charge is 0.300 e. The second-order valence-electron chi connectivity index (χ2n) is 2.61. The molecular formula is C8H16O. The van der Waals surface area contributed by atoms with Crippen LogP contribution in [0.5, 0.6) is 0 Å². The Morgan fingerprint density at radius 1 is 1.44 bits per heavy atom. The van der Waals surface area contributed by atoms with Crippen LogP contribution in [0.4, 0.5) is 0 Å². The number of hydrogen-bond donors (Lipinski definition) is 0. The van der Waals surface area contributed by atoms with E-state index in [-0.39, 0.29) is 0 Å². The molecular weight excluding hydrogens is 112 g/mol. The smallest absolute Gasteiger partial charge is 0.132 e. The first-order valence-corrected chi connectivity index (χ1v) is 3.72. The Morgan fingerprint density at radius 2 is 2.00 bits per heavy atom. The first kappa shape index (κ1) is 8.67. The molecule has 0 aliphatic heterocycles. The molecule has 0 aliphatic rings. The maximum atomic E-state index is 10.8. The molecule has 0 radical (unpaired) electrons. The molecule has 0 fully saturated rings. The predicted octanol–water partition coefficient (Wildman–Crippen LogP) is 2.40. The molecule has 0 amide bonds. The third-order valence-corrected chi connectivity index (χ3v) is 1.67. The van der Waals surface area contributed by atoms with Crippen molar-refractivity contribution in [1.82, 2.24) is 0 Å². The van der Waals surface area contributed by atoms with Gasteiger partial charge in [-0.15, -0.1) is 0 Å². The topological polar surface area (TPSA) is 17.1 Å². The average Bonchev–Trinajstić information content (AvgIpc) is 1.87. The van der Waals surface area contributed by atoms with E-state index < -0.39 is 0 Å². The maximum absolute atomic E-state index is 10.8. The lowest BCUT2D eigenvalue weighted by Gasteiger charge is -2.03. The van der Waals surface area contributed by atoms with Crippen molar-refractivity contribution in [2.75, 3.05) is 0 Å². The third kappa shape index (κ3) is 4.19. The van der Waals surface area contributed by atoms with Gasteiger partial charge in [0.1, 0.15) is 5.78 Å². The van der Waals surface area contributed by atoms with Crippen LogP contribution >= 0.6 is 0 Å². The lowest BCUT2D eigenvalue weighted by molar-refractivity contribution is -0.119. The number of hydrogen-bond acceptors (Lipinski definition) is 1. The normalized spacial score (nSPS) is 13.2. The Labute approximate surface area is 57.5 Å². The summed E-state index contributed by atoms with van der Waals surface area (Å²) in [7, 11) is 0. The summed E-state index contributed by atoms with van der Waals surface area (Å²) >= 11 is 0. The number of carbonyl (C=O) groups excluding carboxylic acids is 1. The van der Waals surface area contributed by atoms with Crippen molar-refractivity contribution < 1.29 is 4.79 Å². The van der Waals surface area contributed by atoms with Gasteiger partial charge in [-0.1, -0.05) is 27.2 Å². The molecule has 9 heavy (non-hydrogen) atoms. The molecule has 1 atom stereocenters. The quantitative estimate of drug-likeness (QED) is 0.568. The lowest BCUT2D eigenvalue weighted by Crippen LogP contribution is -2.02. The van der Waals surface area contributed by atoms with E-state index in [1.165, 1.54) is 0 Å². The molecule has 0 N–H and O–H groups in total. The summed E-state index contributed by atoms with van der Waals surface area (Å²) < 4.78 is 0. The highest BCUT2D eigenvalue weighted by Crippen LogP contribution is 2.07. The van der Waals surface area contributed by atoms with Crippen molar-refractivity contribution in [3.8, 4) is 0 Å². The van der Waals surface area contributed by atoms with Crippen molar-refractivity contribution in [3.05, 3.63) is 0 Å². The number of carbonyl (C=O) groups is 1. The van der Waals surface area contributed by atoms with Gasteiger partial charge in [0.25, 0.3) is 0 Å². The van der Waals surface area contributed by atoms with Crippen LogP contribution in [0.15, 0.2) is 0 Å². The van der Waals surface area contributed by atoms with Gasteiger partial charge in [-0.3, -0.25) is 4.79 Å². The predicted molar refractivity (Wildman–Crippen MR) is 39.4 cm³/mol. The van der Waals surface area contributed by atoms with Gasteiger partial charge in [0.2, 0.25) is 0 Å². The van der Waals surface area contributed by atoms with Crippen LogP contribution in [0.3, 0.4) is 0 Å². The van der Waals surface area contributed by atoms with Crippen molar-refractivity contribution in [2.24, 2.45) is 5.92 Å². The van der Waals surface area contributed by atoms with Gasteiger partial charge in [0.15, 0.2) is 0 Å². The first-order chi connectivity index (χ1) is 4.20. The van der Waals surface area contributed by atoms with E-state index in [9.17, 15) is 4.79 Å². The van der Waals surface area contributed by atoms with Gasteiger partial charge in [-0.05, 0) is 5.92 Å². The van der Waals surface area contributed by atoms with E-state index >= 15 is 0 Å². The summed E-state index contributed by atoms with van der Waals surface area (Å²) in [4.78, 5) is 10.8. The van der Waals surface area contributed by atoms with Gasteiger partial charge >= 0.3 is 0 Å². The van der Waals surface area contributed by atoms with Gasteiger partial charge in [0, 0.05) is 12.8 Å². The van der Waals surface area contributed by atoms with Crippen LogP contribution in [0.1, 0.15) is 40.0 Å². The summed E-state index contributed by atoms with van der Waals surface area (Å²) in [5.74, 6) is 0.974. The molecule has 0 saturated carbocycles. The zero-order chi connectivity index (χ0) is 7.28. The standard InChI is InChI=1S/C8H16O/c1-4-7(3)6-8(9)5-2/h7H,4-6H2,1-3H3/t7-/m0/s1. The van der Waals surface area contributed by atoms with Crippen LogP contribution < -0.4 is 0 Å². The van der Waals surface area contributed by atoms with E-state index in [1.807, 2.05) is 6.92 Å². The summed E-state index contributed by atoms with van der Waals surface area (Å²) in [6.45, 7) is 6.16. The minimum absolute atomic E-state index is 0.393. The Morgan fingerprint density at radius 3 is 2.33 bits per heavy atom. The van der Waals surface area contributed by atoms with Gasteiger partial charge in [-0.2, -0.15) is 0 Å². The van der Waals surface area contributed by atoms with Crippen LogP contribution in [-0.4, -0.2) is 5.78 Å². The Bertz CT molecular complexity index is 86.6. The molecule has 0 unspecified atom stereocenters. The second-order valence-corrected chi connectivity index (χ2v) is 2.61. The molecule has 0 rings (SSSR count). The fourth-order valence-electron chi connectivity index (χ4n) is 0.677. The van der Waals surface area contributed by atoms with Crippen LogP contribution in [0, 0.1) is 5.92 Å². The molecule has 0 saturated heterocycles. The van der Waals surface area contributed by atoms with Gasteiger partial charge in [-0.25, -0.2) is 0 Å². The van der Waals surface area contributed by atoms with Crippen LogP contribution in [0.25, 0.3) is 0 Å². The number of ketones is 1. The molecule has 0 bridgehead atoms. The first-order valence-electron chi connectivity index (χ1n) is 3.72. The highest BCUT2D eigenvalue weighted by molar-refractivity contribution is 5.78. The Balaban J connectivity index is 3.34. The SMILES string of the molecule is CCC(=O)C[C@@H](C)CC. The average molecular weight is 128 g/mol. The molecule has 0 heterocycles. The van der Waals surface area contributed by atoms with Crippen molar-refractivity contribution in [3.63, 3.8) is 0 Å². The van der Waals surface area contributed by atoms with Crippen LogP contribution in [0.2, 0.25) is 0 Å². The Hall–Kier alpha value is -0.330. The molecule has 1 nitrogen and oxygen atoms in total. The summed E-state index contributed by atoms with van der Waals surface area (Å²) in [6, 6.07) is 0.